The van der Waals surface area contributed by atoms with Gasteiger partial charge in [0.2, 0.25) is 5.91 Å². The van der Waals surface area contributed by atoms with Crippen LogP contribution in [0.4, 0.5) is 0 Å². The maximum Gasteiger partial charge on any atom is 0.240 e. The van der Waals surface area contributed by atoms with Crippen LogP contribution in [0.3, 0.4) is 0 Å². The van der Waals surface area contributed by atoms with Crippen LogP contribution in [0.5, 0.6) is 0 Å². The van der Waals surface area contributed by atoms with Crippen molar-refractivity contribution in [1.29, 1.82) is 0 Å². The molecule has 4 heteroatoms. The topological polar surface area (TPSA) is 45.2 Å². The minimum absolute atomic E-state index is 0.0170. The molecule has 98 valence electrons. The first-order valence-electron chi connectivity index (χ1n) is 6.64. The zero-order chi connectivity index (χ0) is 13.0. The number of aryl methyl sites for hydroxylation is 1. The van der Waals surface area contributed by atoms with Gasteiger partial charge in [-0.2, -0.15) is 0 Å². The number of hydrogen-bond acceptors (Lipinski definition) is 3. The molecule has 1 amide bonds. The van der Waals surface area contributed by atoms with Gasteiger partial charge < -0.3 is 10.2 Å². The fraction of sp³-hybridized carbons (Fsp3) is 0.571. The molecule has 4 nitrogen and oxygen atoms in total. The lowest BCUT2D eigenvalue weighted by atomic mass is 10.2. The van der Waals surface area contributed by atoms with Crippen molar-refractivity contribution in [2.24, 2.45) is 0 Å². The molecule has 0 aliphatic carbocycles. The molecule has 1 saturated heterocycles. The van der Waals surface area contributed by atoms with Crippen molar-refractivity contribution in [2.45, 2.75) is 39.3 Å². The lowest BCUT2D eigenvalue weighted by Crippen LogP contribution is -2.38. The fourth-order valence-corrected chi connectivity index (χ4v) is 2.22. The second kappa shape index (κ2) is 5.96. The summed E-state index contributed by atoms with van der Waals surface area (Å²) >= 11 is 0. The van der Waals surface area contributed by atoms with Crippen LogP contribution in [0.25, 0.3) is 0 Å². The fourth-order valence-electron chi connectivity index (χ4n) is 2.22. The van der Waals surface area contributed by atoms with Crippen LogP contribution in [0.2, 0.25) is 0 Å². The second-order valence-corrected chi connectivity index (χ2v) is 4.86. The molecule has 2 rings (SSSR count). The van der Waals surface area contributed by atoms with Crippen LogP contribution in [0.15, 0.2) is 18.3 Å². The highest BCUT2D eigenvalue weighted by Gasteiger charge is 2.30. The van der Waals surface area contributed by atoms with Crippen molar-refractivity contribution < 1.29 is 4.79 Å². The number of nitrogens with zero attached hydrogens (tertiary/aromatic N) is 2. The molecule has 0 spiro atoms. The summed E-state index contributed by atoms with van der Waals surface area (Å²) in [7, 11) is 0. The molecule has 0 bridgehead atoms. The maximum absolute atomic E-state index is 12.1. The zero-order valence-electron chi connectivity index (χ0n) is 11.1. The molecule has 1 aromatic rings. The van der Waals surface area contributed by atoms with Gasteiger partial charge in [-0.25, -0.2) is 0 Å². The number of hydrogen-bond donors (Lipinski definition) is 1. The third-order valence-corrected chi connectivity index (χ3v) is 3.28. The quantitative estimate of drug-likeness (QED) is 0.857. The Labute approximate surface area is 108 Å². The molecule has 0 radical (unpaired) electrons. The van der Waals surface area contributed by atoms with E-state index in [4.69, 9.17) is 0 Å². The predicted octanol–water partition coefficient (Wildman–Crippen LogP) is 1.49. The smallest absolute Gasteiger partial charge is 0.240 e. The van der Waals surface area contributed by atoms with Gasteiger partial charge in [-0.15, -0.1) is 0 Å². The molecule has 0 aromatic carbocycles. The number of carbonyl (C=O) groups excluding carboxylic acids is 1. The summed E-state index contributed by atoms with van der Waals surface area (Å²) in [4.78, 5) is 18.3. The predicted molar refractivity (Wildman–Crippen MR) is 71.1 cm³/mol. The van der Waals surface area contributed by atoms with Crippen molar-refractivity contribution in [1.82, 2.24) is 15.2 Å². The molecule has 0 saturated carbocycles. The van der Waals surface area contributed by atoms with Gasteiger partial charge in [-0.05, 0) is 37.9 Å². The molecule has 2 heterocycles. The number of likely N-dealkylation sites (tertiary alicyclic amines) is 1. The van der Waals surface area contributed by atoms with Crippen molar-refractivity contribution >= 4 is 5.91 Å². The van der Waals surface area contributed by atoms with Gasteiger partial charge in [0, 0.05) is 25.0 Å². The van der Waals surface area contributed by atoms with Crippen molar-refractivity contribution in [3.05, 3.63) is 29.6 Å². The number of carbonyl (C=O) groups is 1. The van der Waals surface area contributed by atoms with E-state index in [-0.39, 0.29) is 11.9 Å². The Kier molecular flexibility index (Phi) is 4.31. The molecule has 1 aromatic heterocycles. The molecular formula is C14H21N3O. The summed E-state index contributed by atoms with van der Waals surface area (Å²) in [5.74, 6) is 0.226. The Balaban J connectivity index is 1.91. The second-order valence-electron chi connectivity index (χ2n) is 4.86. The first-order valence-corrected chi connectivity index (χ1v) is 6.64. The first kappa shape index (κ1) is 13.0. The Hall–Kier alpha value is -1.42. The molecule has 1 atom stereocenters. The van der Waals surface area contributed by atoms with Crippen molar-refractivity contribution in [3.8, 4) is 0 Å². The molecule has 1 fully saturated rings. The lowest BCUT2D eigenvalue weighted by molar-refractivity contribution is -0.129. The number of aromatic nitrogens is 1. The summed E-state index contributed by atoms with van der Waals surface area (Å²) in [5.41, 5.74) is 2.11. The first-order chi connectivity index (χ1) is 8.70. The third-order valence-electron chi connectivity index (χ3n) is 3.28. The lowest BCUT2D eigenvalue weighted by Gasteiger charge is -2.17. The Morgan fingerprint density at radius 2 is 2.33 bits per heavy atom. The summed E-state index contributed by atoms with van der Waals surface area (Å²) in [6, 6.07) is 4.05. The summed E-state index contributed by atoms with van der Waals surface area (Å²) in [6.45, 7) is 6.51. The number of amides is 1. The van der Waals surface area contributed by atoms with Gasteiger partial charge in [0.15, 0.2) is 0 Å². The van der Waals surface area contributed by atoms with Gasteiger partial charge in [-0.1, -0.05) is 13.0 Å². The zero-order valence-corrected chi connectivity index (χ0v) is 11.1. The Morgan fingerprint density at radius 3 is 3.00 bits per heavy atom. The van der Waals surface area contributed by atoms with E-state index < -0.39 is 0 Å². The van der Waals surface area contributed by atoms with Gasteiger partial charge in [0.25, 0.3) is 0 Å². The normalized spacial score (nSPS) is 19.6. The van der Waals surface area contributed by atoms with E-state index in [0.29, 0.717) is 6.54 Å². The van der Waals surface area contributed by atoms with E-state index in [9.17, 15) is 4.79 Å². The van der Waals surface area contributed by atoms with Gasteiger partial charge in [-0.3, -0.25) is 9.78 Å². The van der Waals surface area contributed by atoms with E-state index in [1.807, 2.05) is 30.2 Å². The van der Waals surface area contributed by atoms with Crippen LogP contribution in [0.1, 0.15) is 31.0 Å². The van der Waals surface area contributed by atoms with Crippen molar-refractivity contribution in [2.75, 3.05) is 13.1 Å². The Bertz CT molecular complexity index is 402. The highest BCUT2D eigenvalue weighted by Crippen LogP contribution is 2.14. The average molecular weight is 247 g/mol. The van der Waals surface area contributed by atoms with Gasteiger partial charge in [0.1, 0.15) is 0 Å². The highest BCUT2D eigenvalue weighted by molar-refractivity contribution is 5.83. The van der Waals surface area contributed by atoms with Gasteiger partial charge >= 0.3 is 0 Å². The number of rotatable bonds is 5. The third kappa shape index (κ3) is 3.07. The minimum Gasteiger partial charge on any atom is -0.337 e. The molecule has 18 heavy (non-hydrogen) atoms. The maximum atomic E-state index is 12.1. The van der Waals surface area contributed by atoms with Crippen LogP contribution in [0, 0.1) is 6.92 Å². The number of nitrogens with one attached hydrogen (secondary N) is 1. The largest absolute Gasteiger partial charge is 0.337 e. The van der Waals surface area contributed by atoms with E-state index in [0.717, 1.165) is 37.2 Å². The number of pyridine rings is 1. The van der Waals surface area contributed by atoms with Crippen LogP contribution in [-0.4, -0.2) is 34.9 Å². The molecular weight excluding hydrogens is 226 g/mol. The van der Waals surface area contributed by atoms with Crippen LogP contribution < -0.4 is 5.32 Å². The minimum atomic E-state index is 0.0170. The van der Waals surface area contributed by atoms with E-state index in [2.05, 4.69) is 17.2 Å². The van der Waals surface area contributed by atoms with E-state index in [1.165, 1.54) is 0 Å². The van der Waals surface area contributed by atoms with Gasteiger partial charge in [0.05, 0.1) is 6.04 Å². The Morgan fingerprint density at radius 1 is 1.50 bits per heavy atom. The summed E-state index contributed by atoms with van der Waals surface area (Å²) in [5, 5.41) is 3.30. The summed E-state index contributed by atoms with van der Waals surface area (Å²) in [6.07, 6.45) is 3.83. The average Bonchev–Trinajstić information content (AvgIpc) is 2.71. The monoisotopic (exact) mass is 247 g/mol. The van der Waals surface area contributed by atoms with Crippen LogP contribution >= 0.6 is 0 Å². The molecule has 1 aliphatic heterocycles. The molecule has 1 N–H and O–H groups in total. The molecule has 1 unspecified atom stereocenters. The highest BCUT2D eigenvalue weighted by atomic mass is 16.2. The van der Waals surface area contributed by atoms with Crippen molar-refractivity contribution in [3.63, 3.8) is 0 Å². The van der Waals surface area contributed by atoms with E-state index >= 15 is 0 Å². The van der Waals surface area contributed by atoms with E-state index in [1.54, 1.807) is 0 Å². The SMILES string of the molecule is CCCNC1CCN(Cc2ccc(C)nc2)C1=O. The standard InChI is InChI=1S/C14H21N3O/c1-3-7-15-13-6-8-17(14(13)18)10-12-5-4-11(2)16-9-12/h4-5,9,13,15H,3,6-8,10H2,1-2H3. The summed E-state index contributed by atoms with van der Waals surface area (Å²) < 4.78 is 0. The molecule has 1 aliphatic rings. The van der Waals surface area contributed by atoms with Crippen LogP contribution in [-0.2, 0) is 11.3 Å².